The summed E-state index contributed by atoms with van der Waals surface area (Å²) in [6, 6.07) is 0. The molecule has 0 N–H and O–H groups in total. The van der Waals surface area contributed by atoms with Crippen molar-refractivity contribution in [3.8, 4) is 0 Å². The molecule has 0 spiro atoms. The molecule has 0 saturated heterocycles. The molecule has 0 bridgehead atoms. The Morgan fingerprint density at radius 2 is 1.38 bits per heavy atom. The highest BCUT2D eigenvalue weighted by Gasteiger charge is 2.32. The number of amides is 2. The molecule has 0 radical (unpaired) electrons. The summed E-state index contributed by atoms with van der Waals surface area (Å²) >= 11 is 0. The number of rotatable bonds is 2. The molecule has 0 saturated carbocycles. The maximum atomic E-state index is 11.4. The van der Waals surface area contributed by atoms with Crippen LogP contribution in [0, 0.1) is 11.8 Å². The van der Waals surface area contributed by atoms with Crippen molar-refractivity contribution in [2.75, 3.05) is 0 Å². The fourth-order valence-corrected chi connectivity index (χ4v) is 1.60. The fraction of sp³-hybridized carbons (Fsp3) is 0.500. The molecule has 1 rings (SSSR count). The third-order valence-corrected chi connectivity index (χ3v) is 2.35. The van der Waals surface area contributed by atoms with Crippen LogP contribution >= 0.6 is 0 Å². The highest BCUT2D eigenvalue weighted by atomic mass is 16.2. The number of azide groups is 2. The molecule has 0 heterocycles. The van der Waals surface area contributed by atoms with E-state index in [4.69, 9.17) is 11.1 Å². The van der Waals surface area contributed by atoms with Gasteiger partial charge < -0.3 is 0 Å². The standard InChI is InChI=1S/C8H8N6O2/c9-13-11-7(15)5-3-1-2-4-6(5)8(16)12-14-10/h1-2,5-6H,3-4H2/t5-,6-/m1/s1. The molecular weight excluding hydrogens is 212 g/mol. The van der Waals surface area contributed by atoms with Crippen LogP contribution in [0.1, 0.15) is 12.8 Å². The average Bonchev–Trinajstić information content (AvgIpc) is 2.30. The third kappa shape index (κ3) is 2.60. The van der Waals surface area contributed by atoms with E-state index in [-0.39, 0.29) is 0 Å². The maximum Gasteiger partial charge on any atom is 0.223 e. The Hall–Kier alpha value is -2.30. The van der Waals surface area contributed by atoms with Gasteiger partial charge in [-0.2, -0.15) is 0 Å². The summed E-state index contributed by atoms with van der Waals surface area (Å²) in [4.78, 5) is 27.5. The van der Waals surface area contributed by atoms with E-state index in [2.05, 4.69) is 20.1 Å². The zero-order valence-corrected chi connectivity index (χ0v) is 8.22. The summed E-state index contributed by atoms with van der Waals surface area (Å²) in [5, 5.41) is 5.92. The normalized spacial score (nSPS) is 22.8. The quantitative estimate of drug-likeness (QED) is 0.305. The second-order valence-corrected chi connectivity index (χ2v) is 3.21. The third-order valence-electron chi connectivity index (χ3n) is 2.35. The van der Waals surface area contributed by atoms with Gasteiger partial charge in [0.15, 0.2) is 0 Å². The largest absolute Gasteiger partial charge is 0.292 e. The Bertz CT molecular complexity index is 390. The van der Waals surface area contributed by atoms with E-state index >= 15 is 0 Å². The van der Waals surface area contributed by atoms with Gasteiger partial charge in [-0.15, -0.1) is 0 Å². The zero-order valence-electron chi connectivity index (χ0n) is 8.22. The Kier molecular flexibility index (Phi) is 4.08. The highest BCUT2D eigenvalue weighted by Crippen LogP contribution is 2.28. The monoisotopic (exact) mass is 220 g/mol. The van der Waals surface area contributed by atoms with Gasteiger partial charge in [-0.25, -0.2) is 0 Å². The summed E-state index contributed by atoms with van der Waals surface area (Å²) in [6.07, 6.45) is 4.09. The van der Waals surface area contributed by atoms with Gasteiger partial charge in [0.1, 0.15) is 0 Å². The van der Waals surface area contributed by atoms with Crippen molar-refractivity contribution in [3.63, 3.8) is 0 Å². The lowest BCUT2D eigenvalue weighted by Gasteiger charge is -2.22. The first kappa shape index (κ1) is 11.8. The Balaban J connectivity index is 2.92. The molecule has 2 atom stereocenters. The molecular formula is C8H8N6O2. The van der Waals surface area contributed by atoms with Crippen LogP contribution < -0.4 is 0 Å². The van der Waals surface area contributed by atoms with Crippen molar-refractivity contribution < 1.29 is 9.59 Å². The minimum absolute atomic E-state index is 0.315. The van der Waals surface area contributed by atoms with Crippen molar-refractivity contribution in [2.45, 2.75) is 12.8 Å². The Morgan fingerprint density at radius 1 is 1.00 bits per heavy atom. The predicted molar refractivity (Wildman–Crippen MR) is 53.7 cm³/mol. The lowest BCUT2D eigenvalue weighted by Crippen LogP contribution is -2.29. The van der Waals surface area contributed by atoms with Crippen molar-refractivity contribution in [3.05, 3.63) is 33.0 Å². The molecule has 16 heavy (non-hydrogen) atoms. The Morgan fingerprint density at radius 3 is 1.69 bits per heavy atom. The van der Waals surface area contributed by atoms with Crippen LogP contribution in [0.25, 0.3) is 20.9 Å². The number of hydrogen-bond acceptors (Lipinski definition) is 2. The van der Waals surface area contributed by atoms with Crippen molar-refractivity contribution in [2.24, 2.45) is 22.1 Å². The molecule has 8 nitrogen and oxygen atoms in total. The summed E-state index contributed by atoms with van der Waals surface area (Å²) in [5.41, 5.74) is 16.3. The second-order valence-electron chi connectivity index (χ2n) is 3.21. The molecule has 0 aromatic carbocycles. The first-order valence-electron chi connectivity index (χ1n) is 4.53. The second kappa shape index (κ2) is 5.55. The van der Waals surface area contributed by atoms with E-state index in [0.29, 0.717) is 12.8 Å². The van der Waals surface area contributed by atoms with Crippen LogP contribution in [-0.2, 0) is 9.59 Å². The van der Waals surface area contributed by atoms with E-state index in [0.717, 1.165) is 0 Å². The van der Waals surface area contributed by atoms with E-state index in [1.54, 1.807) is 12.2 Å². The summed E-state index contributed by atoms with van der Waals surface area (Å²) in [6.45, 7) is 0. The average molecular weight is 220 g/mol. The molecule has 0 aromatic heterocycles. The van der Waals surface area contributed by atoms with Crippen LogP contribution in [0.3, 0.4) is 0 Å². The van der Waals surface area contributed by atoms with Gasteiger partial charge in [-0.05, 0) is 34.1 Å². The van der Waals surface area contributed by atoms with Crippen molar-refractivity contribution in [1.29, 1.82) is 0 Å². The van der Waals surface area contributed by atoms with Crippen LogP contribution in [-0.4, -0.2) is 11.8 Å². The highest BCUT2D eigenvalue weighted by molar-refractivity contribution is 5.89. The molecule has 8 heteroatoms. The van der Waals surface area contributed by atoms with Crippen LogP contribution in [0.15, 0.2) is 22.4 Å². The molecule has 0 aromatic rings. The lowest BCUT2D eigenvalue weighted by molar-refractivity contribution is -0.131. The summed E-state index contributed by atoms with van der Waals surface area (Å²) < 4.78 is 0. The predicted octanol–water partition coefficient (Wildman–Crippen LogP) is 2.24. The van der Waals surface area contributed by atoms with Crippen LogP contribution in [0.5, 0.6) is 0 Å². The molecule has 1 aliphatic rings. The topological polar surface area (TPSA) is 132 Å². The van der Waals surface area contributed by atoms with E-state index < -0.39 is 23.7 Å². The van der Waals surface area contributed by atoms with Gasteiger partial charge in [-0.3, -0.25) is 9.59 Å². The SMILES string of the molecule is [N-]=[N+]=NC(=O)[C@@H]1CC=CC[C@H]1C(=O)N=[N+]=[N-]. The molecule has 1 aliphatic carbocycles. The molecule has 0 fully saturated rings. The summed E-state index contributed by atoms with van der Waals surface area (Å²) in [5.74, 6) is -2.84. The number of allylic oxidation sites excluding steroid dienone is 2. The molecule has 0 unspecified atom stereocenters. The van der Waals surface area contributed by atoms with Gasteiger partial charge >= 0.3 is 0 Å². The number of carbonyl (C=O) groups is 2. The molecule has 0 aliphatic heterocycles. The van der Waals surface area contributed by atoms with E-state index in [1.807, 2.05) is 0 Å². The Labute approximate surface area is 90.2 Å². The maximum absolute atomic E-state index is 11.4. The summed E-state index contributed by atoms with van der Waals surface area (Å²) in [7, 11) is 0. The number of nitrogens with zero attached hydrogens (tertiary/aromatic N) is 6. The number of hydrogen-bond donors (Lipinski definition) is 0. The van der Waals surface area contributed by atoms with E-state index in [1.165, 1.54) is 0 Å². The first-order valence-corrected chi connectivity index (χ1v) is 4.53. The van der Waals surface area contributed by atoms with Gasteiger partial charge in [0.2, 0.25) is 11.8 Å². The van der Waals surface area contributed by atoms with Crippen LogP contribution in [0.2, 0.25) is 0 Å². The first-order chi connectivity index (χ1) is 7.70. The minimum Gasteiger partial charge on any atom is -0.292 e. The smallest absolute Gasteiger partial charge is 0.223 e. The minimum atomic E-state index is -0.723. The fourth-order valence-electron chi connectivity index (χ4n) is 1.60. The van der Waals surface area contributed by atoms with Gasteiger partial charge in [0, 0.05) is 21.7 Å². The van der Waals surface area contributed by atoms with Gasteiger partial charge in [0.05, 0.1) is 0 Å². The lowest BCUT2D eigenvalue weighted by atomic mass is 9.82. The zero-order chi connectivity index (χ0) is 12.0. The van der Waals surface area contributed by atoms with Crippen LogP contribution in [0.4, 0.5) is 0 Å². The van der Waals surface area contributed by atoms with E-state index in [9.17, 15) is 9.59 Å². The van der Waals surface area contributed by atoms with Crippen molar-refractivity contribution in [1.82, 2.24) is 0 Å². The van der Waals surface area contributed by atoms with Crippen molar-refractivity contribution >= 4 is 11.8 Å². The molecule has 2 amide bonds. The number of carbonyl (C=O) groups excluding carboxylic acids is 2. The molecule has 82 valence electrons. The van der Waals surface area contributed by atoms with Gasteiger partial charge in [0.25, 0.3) is 0 Å². The van der Waals surface area contributed by atoms with Gasteiger partial charge in [-0.1, -0.05) is 12.2 Å².